The maximum atomic E-state index is 12.9. The second-order valence-electron chi connectivity index (χ2n) is 8.22. The molecular formula is C23H24N4O5S2. The number of anilines is 2. The van der Waals surface area contributed by atoms with E-state index in [2.05, 4.69) is 15.2 Å². The zero-order chi connectivity index (χ0) is 23.7. The van der Waals surface area contributed by atoms with Crippen molar-refractivity contribution in [2.24, 2.45) is 0 Å². The summed E-state index contributed by atoms with van der Waals surface area (Å²) in [7, 11) is -3.24. The Morgan fingerprint density at radius 2 is 1.79 bits per heavy atom. The fourth-order valence-corrected chi connectivity index (χ4v) is 5.24. The molecule has 11 heteroatoms. The monoisotopic (exact) mass is 500 g/mol. The number of aromatic nitrogens is 1. The van der Waals surface area contributed by atoms with Crippen LogP contribution in [0.25, 0.3) is 0 Å². The Bertz CT molecular complexity index is 1300. The van der Waals surface area contributed by atoms with Gasteiger partial charge in [-0.2, -0.15) is 0 Å². The van der Waals surface area contributed by atoms with Crippen LogP contribution >= 0.6 is 11.3 Å². The van der Waals surface area contributed by atoms with Crippen LogP contribution in [0, 0.1) is 0 Å². The van der Waals surface area contributed by atoms with E-state index >= 15 is 0 Å². The molecule has 178 valence electrons. The Morgan fingerprint density at radius 1 is 1.06 bits per heavy atom. The molecule has 0 unspecified atom stereocenters. The molecule has 3 aromatic rings. The normalized spacial score (nSPS) is 16.0. The highest BCUT2D eigenvalue weighted by atomic mass is 32.2. The summed E-state index contributed by atoms with van der Waals surface area (Å²) >= 11 is 1.34. The molecule has 0 spiro atoms. The first-order chi connectivity index (χ1) is 16.3. The molecule has 9 nitrogen and oxygen atoms in total. The predicted molar refractivity (Wildman–Crippen MR) is 129 cm³/mol. The molecule has 1 saturated heterocycles. The van der Waals surface area contributed by atoms with E-state index in [1.54, 1.807) is 29.6 Å². The highest BCUT2D eigenvalue weighted by Gasteiger charge is 2.24. The van der Waals surface area contributed by atoms with E-state index in [-0.39, 0.29) is 17.6 Å². The zero-order valence-electron chi connectivity index (χ0n) is 18.6. The highest BCUT2D eigenvalue weighted by molar-refractivity contribution is 7.90. The van der Waals surface area contributed by atoms with Crippen molar-refractivity contribution in [1.82, 2.24) is 14.8 Å². The Morgan fingerprint density at radius 3 is 2.53 bits per heavy atom. The molecule has 2 aliphatic heterocycles. The number of nitrogens with one attached hydrogen (secondary N) is 1. The van der Waals surface area contributed by atoms with Gasteiger partial charge in [0, 0.05) is 50.0 Å². The van der Waals surface area contributed by atoms with Crippen molar-refractivity contribution in [3.63, 3.8) is 0 Å². The molecule has 1 aromatic heterocycles. The third kappa shape index (κ3) is 5.01. The molecule has 5 rings (SSSR count). The molecular weight excluding hydrogens is 476 g/mol. The number of nitrogens with zero attached hydrogens (tertiary/aromatic N) is 3. The van der Waals surface area contributed by atoms with Crippen LogP contribution in [0.2, 0.25) is 0 Å². The van der Waals surface area contributed by atoms with Crippen molar-refractivity contribution >= 4 is 37.9 Å². The van der Waals surface area contributed by atoms with Crippen LogP contribution in [-0.2, 0) is 16.4 Å². The van der Waals surface area contributed by atoms with Gasteiger partial charge in [-0.15, -0.1) is 11.3 Å². The molecule has 0 atom stereocenters. The van der Waals surface area contributed by atoms with E-state index in [1.807, 2.05) is 23.1 Å². The van der Waals surface area contributed by atoms with Crippen molar-refractivity contribution in [1.29, 1.82) is 0 Å². The lowest BCUT2D eigenvalue weighted by Crippen LogP contribution is -2.48. The molecule has 1 N–H and O–H groups in total. The number of thiazole rings is 1. The van der Waals surface area contributed by atoms with Crippen LogP contribution in [0.3, 0.4) is 0 Å². The number of carbonyl (C=O) groups excluding carboxylic acids is 1. The Hall–Kier alpha value is -3.15. The van der Waals surface area contributed by atoms with Gasteiger partial charge in [0.05, 0.1) is 4.90 Å². The number of hydrogen-bond acceptors (Lipinski definition) is 9. The van der Waals surface area contributed by atoms with Gasteiger partial charge in [-0.3, -0.25) is 9.69 Å². The molecule has 0 saturated carbocycles. The number of fused-ring (bicyclic) bond motifs is 1. The van der Waals surface area contributed by atoms with Crippen LogP contribution in [0.4, 0.5) is 10.8 Å². The van der Waals surface area contributed by atoms with E-state index in [4.69, 9.17) is 9.47 Å². The second-order valence-corrected chi connectivity index (χ2v) is 11.1. The van der Waals surface area contributed by atoms with Gasteiger partial charge in [-0.1, -0.05) is 6.07 Å². The molecule has 1 fully saturated rings. The number of amides is 1. The number of sulfone groups is 1. The van der Waals surface area contributed by atoms with Crippen LogP contribution in [0.5, 0.6) is 11.5 Å². The second kappa shape index (κ2) is 9.24. The van der Waals surface area contributed by atoms with Crippen LogP contribution in [0.1, 0.15) is 16.1 Å². The lowest BCUT2D eigenvalue weighted by atomic mass is 10.1. The first-order valence-electron chi connectivity index (χ1n) is 10.8. The summed E-state index contributed by atoms with van der Waals surface area (Å²) in [6.45, 7) is 3.89. The van der Waals surface area contributed by atoms with Crippen LogP contribution in [0.15, 0.2) is 52.7 Å². The molecule has 34 heavy (non-hydrogen) atoms. The molecule has 2 aliphatic rings. The van der Waals surface area contributed by atoms with E-state index in [1.165, 1.54) is 17.6 Å². The Labute approximate surface area is 201 Å². The number of benzene rings is 2. The molecule has 2 aromatic carbocycles. The average Bonchev–Trinajstić information content (AvgIpc) is 3.48. The van der Waals surface area contributed by atoms with Crippen molar-refractivity contribution in [3.05, 3.63) is 59.1 Å². The van der Waals surface area contributed by atoms with Gasteiger partial charge in [0.1, 0.15) is 5.69 Å². The summed E-state index contributed by atoms with van der Waals surface area (Å²) < 4.78 is 34.0. The summed E-state index contributed by atoms with van der Waals surface area (Å²) in [5.74, 6) is 1.48. The third-order valence-electron chi connectivity index (χ3n) is 5.76. The summed E-state index contributed by atoms with van der Waals surface area (Å²) in [6.07, 6.45) is 1.17. The van der Waals surface area contributed by atoms with Crippen molar-refractivity contribution in [3.8, 4) is 11.5 Å². The summed E-state index contributed by atoms with van der Waals surface area (Å²) in [6, 6.07) is 12.4. The van der Waals surface area contributed by atoms with Crippen molar-refractivity contribution in [2.45, 2.75) is 11.4 Å². The Kier molecular flexibility index (Phi) is 6.15. The first kappa shape index (κ1) is 22.6. The molecule has 3 heterocycles. The van der Waals surface area contributed by atoms with Crippen molar-refractivity contribution in [2.75, 3.05) is 44.5 Å². The van der Waals surface area contributed by atoms with Gasteiger partial charge < -0.3 is 19.7 Å². The van der Waals surface area contributed by atoms with E-state index in [0.717, 1.165) is 36.7 Å². The molecule has 0 radical (unpaired) electrons. The van der Waals surface area contributed by atoms with E-state index in [0.29, 0.717) is 29.6 Å². The topological polar surface area (TPSA) is 101 Å². The number of carbonyl (C=O) groups is 1. The maximum Gasteiger partial charge on any atom is 0.273 e. The number of ether oxygens (including phenoxy) is 2. The Balaban J connectivity index is 1.15. The maximum absolute atomic E-state index is 12.9. The summed E-state index contributed by atoms with van der Waals surface area (Å²) in [5, 5.41) is 5.45. The van der Waals surface area contributed by atoms with Gasteiger partial charge in [-0.05, 0) is 42.0 Å². The van der Waals surface area contributed by atoms with Gasteiger partial charge >= 0.3 is 0 Å². The molecule has 0 aliphatic carbocycles. The van der Waals surface area contributed by atoms with Gasteiger partial charge in [0.2, 0.25) is 6.79 Å². The predicted octanol–water partition coefficient (Wildman–Crippen LogP) is 2.98. The fraction of sp³-hybridized carbons (Fsp3) is 0.304. The lowest BCUT2D eigenvalue weighted by molar-refractivity contribution is 0.0623. The third-order valence-corrected chi connectivity index (χ3v) is 7.65. The standard InChI is InChI=1S/C23H24N4O5S2/c1-34(29,30)18-5-3-17(4-6-18)24-23-25-19(14-33-23)22(28)27-10-8-26(9-11-27)13-16-2-7-20-21(12-16)32-15-31-20/h2-7,12,14H,8-11,13,15H2,1H3,(H,24,25). The summed E-state index contributed by atoms with van der Waals surface area (Å²) in [5.41, 5.74) is 2.27. The zero-order valence-corrected chi connectivity index (χ0v) is 20.2. The number of hydrogen-bond donors (Lipinski definition) is 1. The SMILES string of the molecule is CS(=O)(=O)c1ccc(Nc2nc(C(=O)N3CCN(Cc4ccc5c(c4)OCO5)CC3)cs2)cc1. The summed E-state index contributed by atoms with van der Waals surface area (Å²) in [4.78, 5) is 21.8. The molecule has 0 bridgehead atoms. The minimum absolute atomic E-state index is 0.0838. The smallest absolute Gasteiger partial charge is 0.273 e. The number of rotatable bonds is 6. The van der Waals surface area contributed by atoms with Gasteiger partial charge in [0.15, 0.2) is 26.5 Å². The lowest BCUT2D eigenvalue weighted by Gasteiger charge is -2.34. The number of piperazine rings is 1. The fourth-order valence-electron chi connectivity index (χ4n) is 3.91. The van der Waals surface area contributed by atoms with Gasteiger partial charge in [-0.25, -0.2) is 13.4 Å². The minimum Gasteiger partial charge on any atom is -0.454 e. The molecule has 1 amide bonds. The van der Waals surface area contributed by atoms with Crippen LogP contribution in [-0.4, -0.2) is 68.3 Å². The first-order valence-corrected chi connectivity index (χ1v) is 13.5. The van der Waals surface area contributed by atoms with Gasteiger partial charge in [0.25, 0.3) is 5.91 Å². The van der Waals surface area contributed by atoms with E-state index in [9.17, 15) is 13.2 Å². The highest BCUT2D eigenvalue weighted by Crippen LogP contribution is 2.33. The van der Waals surface area contributed by atoms with Crippen molar-refractivity contribution < 1.29 is 22.7 Å². The quantitative estimate of drug-likeness (QED) is 0.551. The largest absolute Gasteiger partial charge is 0.454 e. The van der Waals surface area contributed by atoms with Crippen LogP contribution < -0.4 is 14.8 Å². The van der Waals surface area contributed by atoms with E-state index < -0.39 is 9.84 Å². The minimum atomic E-state index is -3.24. The average molecular weight is 501 g/mol.